The standard InChI is InChI=1S/C27H33FN4O3/c1-30(2)18-19-32-25(34)27(29-26(32)35,15-12-20-6-4-3-5-7-20)22-13-16-31(17-14-22)24(33)21-8-10-23(28)11-9-21/h3-11,22H,12-19H2,1-2H3,(H,29,35)/t27-/m1/s1. The Morgan fingerprint density at radius 2 is 1.71 bits per heavy atom. The third-order valence-electron chi connectivity index (χ3n) is 7.19. The first-order valence-electron chi connectivity index (χ1n) is 12.2. The SMILES string of the molecule is CN(C)CCN1C(=O)N[C@](CCc2ccccc2)(C2CCN(C(=O)c3ccc(F)cc3)CC2)C1=O. The number of aryl methyl sites for hydroxylation is 1. The summed E-state index contributed by atoms with van der Waals surface area (Å²) in [6, 6.07) is 15.2. The van der Waals surface area contributed by atoms with E-state index in [-0.39, 0.29) is 29.6 Å². The van der Waals surface area contributed by atoms with Crippen LogP contribution in [0.1, 0.15) is 35.2 Å². The van der Waals surface area contributed by atoms with Crippen molar-refractivity contribution in [2.75, 3.05) is 40.3 Å². The first kappa shape index (κ1) is 24.9. The number of amides is 4. The fraction of sp³-hybridized carbons (Fsp3) is 0.444. The number of imide groups is 1. The molecular weight excluding hydrogens is 447 g/mol. The molecule has 35 heavy (non-hydrogen) atoms. The van der Waals surface area contributed by atoms with Gasteiger partial charge in [-0.3, -0.25) is 14.5 Å². The molecule has 2 aliphatic heterocycles. The van der Waals surface area contributed by atoms with Gasteiger partial charge in [-0.2, -0.15) is 0 Å². The number of urea groups is 1. The summed E-state index contributed by atoms with van der Waals surface area (Å²) in [4.78, 5) is 44.6. The fourth-order valence-electron chi connectivity index (χ4n) is 5.13. The van der Waals surface area contributed by atoms with Crippen molar-refractivity contribution in [1.29, 1.82) is 0 Å². The third kappa shape index (κ3) is 5.37. The number of rotatable bonds is 8. The van der Waals surface area contributed by atoms with E-state index in [2.05, 4.69) is 5.32 Å². The average molecular weight is 481 g/mol. The zero-order valence-electron chi connectivity index (χ0n) is 20.4. The Balaban J connectivity index is 1.51. The van der Waals surface area contributed by atoms with E-state index in [1.807, 2.05) is 49.3 Å². The molecule has 0 unspecified atom stereocenters. The van der Waals surface area contributed by atoms with Gasteiger partial charge in [-0.05, 0) is 75.5 Å². The first-order chi connectivity index (χ1) is 16.8. The summed E-state index contributed by atoms with van der Waals surface area (Å²) in [5.74, 6) is -0.765. The van der Waals surface area contributed by atoms with E-state index >= 15 is 0 Å². The van der Waals surface area contributed by atoms with Gasteiger partial charge < -0.3 is 15.1 Å². The van der Waals surface area contributed by atoms with E-state index in [9.17, 15) is 18.8 Å². The van der Waals surface area contributed by atoms with Crippen LogP contribution < -0.4 is 5.32 Å². The smallest absolute Gasteiger partial charge is 0.325 e. The molecule has 0 aromatic heterocycles. The molecule has 2 fully saturated rings. The maximum Gasteiger partial charge on any atom is 0.325 e. The second-order valence-corrected chi connectivity index (χ2v) is 9.72. The molecule has 2 heterocycles. The van der Waals surface area contributed by atoms with Crippen molar-refractivity contribution in [3.8, 4) is 0 Å². The summed E-state index contributed by atoms with van der Waals surface area (Å²) in [6.07, 6.45) is 2.39. The Bertz CT molecular complexity index is 1050. The Hall–Kier alpha value is -3.26. The van der Waals surface area contributed by atoms with Crippen LogP contribution in [0.5, 0.6) is 0 Å². The molecule has 0 radical (unpaired) electrons. The van der Waals surface area contributed by atoms with E-state index in [0.717, 1.165) is 5.56 Å². The molecule has 4 rings (SSSR count). The second-order valence-electron chi connectivity index (χ2n) is 9.72. The molecule has 0 bridgehead atoms. The molecule has 2 saturated heterocycles. The predicted octanol–water partition coefficient (Wildman–Crippen LogP) is 3.16. The Morgan fingerprint density at radius 1 is 1.06 bits per heavy atom. The minimum Gasteiger partial charge on any atom is -0.339 e. The van der Waals surface area contributed by atoms with Gasteiger partial charge in [0.25, 0.3) is 11.8 Å². The zero-order chi connectivity index (χ0) is 25.0. The number of nitrogens with one attached hydrogen (secondary N) is 1. The maximum atomic E-state index is 13.7. The average Bonchev–Trinajstić information content (AvgIpc) is 3.11. The number of carbonyl (C=O) groups excluding carboxylic acids is 3. The van der Waals surface area contributed by atoms with Crippen LogP contribution in [0, 0.1) is 11.7 Å². The fourth-order valence-corrected chi connectivity index (χ4v) is 5.13. The van der Waals surface area contributed by atoms with E-state index in [0.29, 0.717) is 57.4 Å². The van der Waals surface area contributed by atoms with Crippen LogP contribution in [0.4, 0.5) is 9.18 Å². The van der Waals surface area contributed by atoms with Crippen molar-refractivity contribution in [3.05, 3.63) is 71.5 Å². The number of piperidine rings is 1. The van der Waals surface area contributed by atoms with Gasteiger partial charge in [0.1, 0.15) is 11.4 Å². The Labute approximate surface area is 205 Å². The summed E-state index contributed by atoms with van der Waals surface area (Å²) < 4.78 is 13.3. The summed E-state index contributed by atoms with van der Waals surface area (Å²) in [7, 11) is 3.82. The number of carbonyl (C=O) groups is 3. The minimum atomic E-state index is -0.982. The highest BCUT2D eigenvalue weighted by Gasteiger charge is 2.55. The van der Waals surface area contributed by atoms with Gasteiger partial charge in [-0.15, -0.1) is 0 Å². The van der Waals surface area contributed by atoms with Crippen molar-refractivity contribution in [1.82, 2.24) is 20.0 Å². The van der Waals surface area contributed by atoms with Gasteiger partial charge in [0, 0.05) is 31.7 Å². The van der Waals surface area contributed by atoms with Crippen LogP contribution >= 0.6 is 0 Å². The lowest BCUT2D eigenvalue weighted by Gasteiger charge is -2.41. The van der Waals surface area contributed by atoms with Gasteiger partial charge in [0.05, 0.1) is 0 Å². The molecule has 1 atom stereocenters. The highest BCUT2D eigenvalue weighted by atomic mass is 19.1. The normalized spacial score (nSPS) is 21.0. The summed E-state index contributed by atoms with van der Waals surface area (Å²) in [5.41, 5.74) is 0.581. The number of likely N-dealkylation sites (N-methyl/N-ethyl adjacent to an activating group) is 1. The first-order valence-corrected chi connectivity index (χ1v) is 12.2. The molecular formula is C27H33FN4O3. The van der Waals surface area contributed by atoms with Gasteiger partial charge >= 0.3 is 6.03 Å². The van der Waals surface area contributed by atoms with E-state index in [4.69, 9.17) is 0 Å². The number of benzene rings is 2. The second kappa shape index (κ2) is 10.6. The van der Waals surface area contributed by atoms with Crippen molar-refractivity contribution in [2.24, 2.45) is 5.92 Å². The number of likely N-dealkylation sites (tertiary alicyclic amines) is 1. The van der Waals surface area contributed by atoms with Crippen LogP contribution in [0.3, 0.4) is 0 Å². The van der Waals surface area contributed by atoms with Crippen LogP contribution in [-0.2, 0) is 11.2 Å². The van der Waals surface area contributed by atoms with Crippen molar-refractivity contribution in [3.63, 3.8) is 0 Å². The minimum absolute atomic E-state index is 0.0794. The van der Waals surface area contributed by atoms with Crippen LogP contribution in [0.25, 0.3) is 0 Å². The molecule has 186 valence electrons. The van der Waals surface area contributed by atoms with Gasteiger partial charge in [0.15, 0.2) is 0 Å². The summed E-state index contributed by atoms with van der Waals surface area (Å²) in [5, 5.41) is 3.09. The van der Waals surface area contributed by atoms with E-state index < -0.39 is 5.54 Å². The lowest BCUT2D eigenvalue weighted by atomic mass is 9.74. The number of hydrogen-bond acceptors (Lipinski definition) is 4. The molecule has 2 aliphatic rings. The molecule has 0 aliphatic carbocycles. The largest absolute Gasteiger partial charge is 0.339 e. The summed E-state index contributed by atoms with van der Waals surface area (Å²) >= 11 is 0. The van der Waals surface area contributed by atoms with Crippen LogP contribution in [-0.4, -0.2) is 78.4 Å². The molecule has 7 nitrogen and oxygen atoms in total. The molecule has 0 saturated carbocycles. The maximum absolute atomic E-state index is 13.7. The Kier molecular flexibility index (Phi) is 7.50. The van der Waals surface area contributed by atoms with Gasteiger partial charge in [-0.1, -0.05) is 30.3 Å². The molecule has 1 N–H and O–H groups in total. The van der Waals surface area contributed by atoms with E-state index in [1.54, 1.807) is 4.90 Å². The third-order valence-corrected chi connectivity index (χ3v) is 7.19. The highest BCUT2D eigenvalue weighted by Crippen LogP contribution is 2.37. The molecule has 2 aromatic rings. The zero-order valence-corrected chi connectivity index (χ0v) is 20.4. The Morgan fingerprint density at radius 3 is 2.34 bits per heavy atom. The quantitative estimate of drug-likeness (QED) is 0.589. The molecule has 4 amide bonds. The van der Waals surface area contributed by atoms with Crippen LogP contribution in [0.15, 0.2) is 54.6 Å². The van der Waals surface area contributed by atoms with Crippen molar-refractivity contribution < 1.29 is 18.8 Å². The predicted molar refractivity (Wildman–Crippen MR) is 131 cm³/mol. The molecule has 0 spiro atoms. The van der Waals surface area contributed by atoms with Gasteiger partial charge in [-0.25, -0.2) is 9.18 Å². The highest BCUT2D eigenvalue weighted by molar-refractivity contribution is 6.07. The molecule has 8 heteroatoms. The number of halogens is 1. The monoisotopic (exact) mass is 480 g/mol. The lowest BCUT2D eigenvalue weighted by molar-refractivity contribution is -0.134. The van der Waals surface area contributed by atoms with Crippen LogP contribution in [0.2, 0.25) is 0 Å². The van der Waals surface area contributed by atoms with Gasteiger partial charge in [0.2, 0.25) is 0 Å². The van der Waals surface area contributed by atoms with E-state index in [1.165, 1.54) is 29.2 Å². The number of nitrogens with zero attached hydrogens (tertiary/aromatic N) is 3. The number of hydrogen-bond donors (Lipinski definition) is 1. The van der Waals surface area contributed by atoms with Crippen molar-refractivity contribution in [2.45, 2.75) is 31.2 Å². The van der Waals surface area contributed by atoms with Crippen molar-refractivity contribution >= 4 is 17.8 Å². The topological polar surface area (TPSA) is 73.0 Å². The summed E-state index contributed by atoms with van der Waals surface area (Å²) in [6.45, 7) is 1.90. The lowest BCUT2D eigenvalue weighted by Crippen LogP contribution is -2.57. The molecule has 2 aromatic carbocycles.